The molecule has 3 N–H and O–H groups in total. The van der Waals surface area contributed by atoms with Crippen LogP contribution in [-0.4, -0.2) is 22.5 Å². The predicted octanol–water partition coefficient (Wildman–Crippen LogP) is 2.83. The van der Waals surface area contributed by atoms with E-state index in [1.807, 2.05) is 6.07 Å². The molecule has 0 atom stereocenters. The molecule has 0 bridgehead atoms. The van der Waals surface area contributed by atoms with Gasteiger partial charge in [-0.3, -0.25) is 4.79 Å². The Balaban J connectivity index is 1.91. The molecule has 0 unspecified atom stereocenters. The largest absolute Gasteiger partial charge is 0.508 e. The average Bonchev–Trinajstić information content (AvgIpc) is 2.46. The van der Waals surface area contributed by atoms with Crippen LogP contribution in [0.25, 0.3) is 0 Å². The van der Waals surface area contributed by atoms with E-state index >= 15 is 0 Å². The molecule has 4 nitrogen and oxygen atoms in total. The van der Waals surface area contributed by atoms with Crippen LogP contribution in [0.15, 0.2) is 36.4 Å². The first kappa shape index (κ1) is 13.8. The summed E-state index contributed by atoms with van der Waals surface area (Å²) in [5.41, 5.74) is 8.72. The molecule has 2 aromatic carbocycles. The van der Waals surface area contributed by atoms with Crippen molar-refractivity contribution in [3.8, 4) is 5.75 Å². The lowest BCUT2D eigenvalue weighted by Gasteiger charge is -2.29. The van der Waals surface area contributed by atoms with E-state index in [1.165, 1.54) is 0 Å². The number of nitrogens with two attached hydrogens (primary N) is 1. The molecule has 1 aliphatic heterocycles. The highest BCUT2D eigenvalue weighted by Gasteiger charge is 2.24. The van der Waals surface area contributed by atoms with Gasteiger partial charge in [-0.15, -0.1) is 0 Å². The number of aromatic hydroxyl groups is 1. The minimum absolute atomic E-state index is 0.174. The molecule has 0 radical (unpaired) electrons. The maximum atomic E-state index is 12.6. The number of nitrogen functional groups attached to an aromatic ring is 1. The molecule has 0 saturated carbocycles. The minimum Gasteiger partial charge on any atom is -0.508 e. The Kier molecular flexibility index (Phi) is 3.47. The van der Waals surface area contributed by atoms with Gasteiger partial charge < -0.3 is 15.7 Å². The topological polar surface area (TPSA) is 66.6 Å². The van der Waals surface area contributed by atoms with E-state index in [2.05, 4.69) is 0 Å². The molecule has 1 amide bonds. The highest BCUT2D eigenvalue weighted by Crippen LogP contribution is 2.28. The van der Waals surface area contributed by atoms with E-state index in [-0.39, 0.29) is 11.7 Å². The van der Waals surface area contributed by atoms with Crippen LogP contribution < -0.4 is 5.73 Å². The number of fused-ring (bicyclic) bond motifs is 1. The van der Waals surface area contributed by atoms with Gasteiger partial charge in [0.15, 0.2) is 0 Å². The van der Waals surface area contributed by atoms with Gasteiger partial charge in [-0.2, -0.15) is 0 Å². The maximum absolute atomic E-state index is 12.6. The Morgan fingerprint density at radius 1 is 1.24 bits per heavy atom. The Labute approximate surface area is 127 Å². The Morgan fingerprint density at radius 2 is 2.05 bits per heavy atom. The van der Waals surface area contributed by atoms with Gasteiger partial charge in [-0.05, 0) is 41.8 Å². The summed E-state index contributed by atoms with van der Waals surface area (Å²) >= 11 is 6.10. The van der Waals surface area contributed by atoms with Crippen molar-refractivity contribution in [2.75, 3.05) is 12.3 Å². The number of carbonyl (C=O) groups is 1. The van der Waals surface area contributed by atoms with Gasteiger partial charge >= 0.3 is 0 Å². The van der Waals surface area contributed by atoms with Crippen LogP contribution in [0.2, 0.25) is 5.02 Å². The first-order chi connectivity index (χ1) is 10.1. The number of hydrogen-bond acceptors (Lipinski definition) is 3. The van der Waals surface area contributed by atoms with Crippen LogP contribution in [0, 0.1) is 0 Å². The van der Waals surface area contributed by atoms with E-state index in [0.717, 1.165) is 17.5 Å². The molecule has 2 aromatic rings. The molecule has 0 aliphatic carbocycles. The monoisotopic (exact) mass is 302 g/mol. The van der Waals surface area contributed by atoms with Crippen molar-refractivity contribution in [3.63, 3.8) is 0 Å². The molecule has 108 valence electrons. The first-order valence-electron chi connectivity index (χ1n) is 6.70. The second-order valence-electron chi connectivity index (χ2n) is 5.13. The predicted molar refractivity (Wildman–Crippen MR) is 82.4 cm³/mol. The summed E-state index contributed by atoms with van der Waals surface area (Å²) in [6, 6.07) is 10.3. The number of nitrogens with zero attached hydrogens (tertiary/aromatic N) is 1. The van der Waals surface area contributed by atoms with Gasteiger partial charge in [-0.25, -0.2) is 0 Å². The van der Waals surface area contributed by atoms with Gasteiger partial charge in [0.1, 0.15) is 5.75 Å². The van der Waals surface area contributed by atoms with Crippen molar-refractivity contribution in [2.45, 2.75) is 13.0 Å². The number of phenolic OH excluding ortho intramolecular Hbond substituents is 1. The number of rotatable bonds is 1. The van der Waals surface area contributed by atoms with Crippen molar-refractivity contribution >= 4 is 23.2 Å². The molecule has 21 heavy (non-hydrogen) atoms. The van der Waals surface area contributed by atoms with E-state index < -0.39 is 0 Å². The van der Waals surface area contributed by atoms with Gasteiger partial charge in [0.05, 0.1) is 10.6 Å². The highest BCUT2D eigenvalue weighted by molar-refractivity contribution is 6.34. The number of amides is 1. The van der Waals surface area contributed by atoms with Gasteiger partial charge in [0.2, 0.25) is 0 Å². The van der Waals surface area contributed by atoms with E-state index in [9.17, 15) is 9.90 Å². The van der Waals surface area contributed by atoms with Crippen LogP contribution in [-0.2, 0) is 13.0 Å². The third kappa shape index (κ3) is 2.54. The Hall–Kier alpha value is -2.20. The van der Waals surface area contributed by atoms with Crippen LogP contribution in [0.5, 0.6) is 5.75 Å². The lowest BCUT2D eigenvalue weighted by molar-refractivity contribution is 0.0735. The maximum Gasteiger partial charge on any atom is 0.257 e. The zero-order valence-electron chi connectivity index (χ0n) is 11.3. The summed E-state index contributed by atoms with van der Waals surface area (Å²) in [6.45, 7) is 1.06. The summed E-state index contributed by atoms with van der Waals surface area (Å²) in [4.78, 5) is 14.3. The first-order valence-corrected chi connectivity index (χ1v) is 7.08. The van der Waals surface area contributed by atoms with Crippen LogP contribution >= 0.6 is 11.6 Å². The van der Waals surface area contributed by atoms with E-state index in [0.29, 0.717) is 29.4 Å². The Morgan fingerprint density at radius 3 is 2.81 bits per heavy atom. The summed E-state index contributed by atoms with van der Waals surface area (Å²) in [7, 11) is 0. The molecule has 1 heterocycles. The number of phenols is 1. The van der Waals surface area contributed by atoms with Gasteiger partial charge in [-0.1, -0.05) is 23.7 Å². The molecule has 0 saturated heterocycles. The number of hydrogen-bond donors (Lipinski definition) is 2. The zero-order chi connectivity index (χ0) is 15.0. The SMILES string of the molecule is Nc1cccc(Cl)c1C(=O)N1CCc2ccc(O)cc2C1. The second kappa shape index (κ2) is 5.30. The molecule has 0 fully saturated rings. The van der Waals surface area contributed by atoms with Gasteiger partial charge in [0, 0.05) is 18.8 Å². The van der Waals surface area contributed by atoms with Crippen molar-refractivity contribution in [1.29, 1.82) is 0 Å². The number of anilines is 1. The lowest BCUT2D eigenvalue weighted by atomic mass is 9.98. The normalized spacial score (nSPS) is 13.9. The lowest BCUT2D eigenvalue weighted by Crippen LogP contribution is -2.36. The molecule has 3 rings (SSSR count). The molecular formula is C16H15ClN2O2. The van der Waals surface area contributed by atoms with E-state index in [1.54, 1.807) is 35.2 Å². The van der Waals surface area contributed by atoms with Crippen molar-refractivity contribution in [3.05, 3.63) is 58.1 Å². The van der Waals surface area contributed by atoms with Crippen LogP contribution in [0.3, 0.4) is 0 Å². The summed E-state index contributed by atoms with van der Waals surface area (Å²) in [6.07, 6.45) is 0.756. The van der Waals surface area contributed by atoms with Crippen molar-refractivity contribution in [1.82, 2.24) is 4.90 Å². The smallest absolute Gasteiger partial charge is 0.257 e. The standard InChI is InChI=1S/C16H15ClN2O2/c17-13-2-1-3-14(18)15(13)16(21)19-7-6-10-4-5-12(20)8-11(10)9-19/h1-5,8,20H,6-7,9,18H2. The summed E-state index contributed by atoms with van der Waals surface area (Å²) < 4.78 is 0. The number of carbonyl (C=O) groups excluding carboxylic acids is 1. The third-order valence-corrected chi connectivity index (χ3v) is 4.06. The summed E-state index contributed by atoms with van der Waals surface area (Å²) in [5, 5.41) is 9.94. The fraction of sp³-hybridized carbons (Fsp3) is 0.188. The Bertz CT molecular complexity index is 695. The van der Waals surface area contributed by atoms with Crippen molar-refractivity contribution in [2.24, 2.45) is 0 Å². The van der Waals surface area contributed by atoms with E-state index in [4.69, 9.17) is 17.3 Å². The minimum atomic E-state index is -0.174. The van der Waals surface area contributed by atoms with Crippen molar-refractivity contribution < 1.29 is 9.90 Å². The fourth-order valence-electron chi connectivity index (χ4n) is 2.64. The molecule has 0 aromatic heterocycles. The second-order valence-corrected chi connectivity index (χ2v) is 5.54. The number of halogens is 1. The highest BCUT2D eigenvalue weighted by atomic mass is 35.5. The number of benzene rings is 2. The fourth-order valence-corrected chi connectivity index (χ4v) is 2.90. The third-order valence-electron chi connectivity index (χ3n) is 3.75. The molecule has 5 heteroatoms. The van der Waals surface area contributed by atoms with Crippen LogP contribution in [0.1, 0.15) is 21.5 Å². The average molecular weight is 303 g/mol. The zero-order valence-corrected chi connectivity index (χ0v) is 12.1. The van der Waals surface area contributed by atoms with Gasteiger partial charge in [0.25, 0.3) is 5.91 Å². The summed E-state index contributed by atoms with van der Waals surface area (Å²) in [5.74, 6) is 0.0346. The molecule has 0 spiro atoms. The van der Waals surface area contributed by atoms with Crippen LogP contribution in [0.4, 0.5) is 5.69 Å². The molecule has 1 aliphatic rings. The quantitative estimate of drug-likeness (QED) is 0.796. The molecular weight excluding hydrogens is 288 g/mol.